The van der Waals surface area contributed by atoms with Crippen LogP contribution in [0, 0.1) is 0 Å². The van der Waals surface area contributed by atoms with Crippen molar-refractivity contribution in [3.8, 4) is 0 Å². The molecule has 0 aliphatic carbocycles. The van der Waals surface area contributed by atoms with E-state index in [1.54, 1.807) is 0 Å². The second-order valence-corrected chi connectivity index (χ2v) is 6.92. The lowest BCUT2D eigenvalue weighted by molar-refractivity contribution is 0.00578. The Morgan fingerprint density at radius 1 is 1.17 bits per heavy atom. The van der Waals surface area contributed by atoms with Crippen LogP contribution >= 0.6 is 27.5 Å². The van der Waals surface area contributed by atoms with E-state index in [1.807, 2.05) is 18.2 Å². The Kier molecular flexibility index (Phi) is 3.85. The van der Waals surface area contributed by atoms with Crippen LogP contribution in [0.25, 0.3) is 0 Å². The molecule has 5 heteroatoms. The van der Waals surface area contributed by atoms with Crippen LogP contribution in [-0.2, 0) is 15.6 Å². The van der Waals surface area contributed by atoms with Gasteiger partial charge < -0.3 is 9.31 Å². The summed E-state index contributed by atoms with van der Waals surface area (Å²) in [5.74, 6) is 0. The maximum Gasteiger partial charge on any atom is 0.462 e. The Morgan fingerprint density at radius 3 is 2.28 bits per heavy atom. The predicted octanol–water partition coefficient (Wildman–Crippen LogP) is 4.28. The second kappa shape index (κ2) is 4.82. The SMILES string of the molecule is CC1(C)OB(Cc2cc(Cl)ccc2Br)OC1(C)C. The maximum absolute atomic E-state index is 6.01. The molecule has 0 amide bonds. The van der Waals surface area contributed by atoms with Crippen LogP contribution in [0.3, 0.4) is 0 Å². The molecule has 0 saturated carbocycles. The molecule has 0 spiro atoms. The number of hydrogen-bond donors (Lipinski definition) is 0. The molecule has 1 heterocycles. The minimum atomic E-state index is -0.289. The lowest BCUT2D eigenvalue weighted by Gasteiger charge is -2.32. The predicted molar refractivity (Wildman–Crippen MR) is 78.9 cm³/mol. The molecule has 0 unspecified atom stereocenters. The van der Waals surface area contributed by atoms with Crippen LogP contribution in [0.1, 0.15) is 33.3 Å². The molecule has 0 N–H and O–H groups in total. The topological polar surface area (TPSA) is 18.5 Å². The Labute approximate surface area is 122 Å². The minimum absolute atomic E-state index is 0.232. The van der Waals surface area contributed by atoms with Gasteiger partial charge in [-0.15, -0.1) is 0 Å². The molecule has 2 rings (SSSR count). The number of benzene rings is 1. The van der Waals surface area contributed by atoms with Crippen molar-refractivity contribution in [1.29, 1.82) is 0 Å². The van der Waals surface area contributed by atoms with Crippen molar-refractivity contribution in [3.63, 3.8) is 0 Å². The highest BCUT2D eigenvalue weighted by molar-refractivity contribution is 9.10. The maximum atomic E-state index is 6.01. The zero-order chi connectivity index (χ0) is 13.6. The fraction of sp³-hybridized carbons (Fsp3) is 0.538. The molecule has 1 aliphatic rings. The summed E-state index contributed by atoms with van der Waals surface area (Å²) < 4.78 is 13.0. The first-order chi connectivity index (χ1) is 8.21. The van der Waals surface area contributed by atoms with Gasteiger partial charge in [-0.25, -0.2) is 0 Å². The van der Waals surface area contributed by atoms with Crippen LogP contribution in [-0.4, -0.2) is 18.3 Å². The summed E-state index contributed by atoms with van der Waals surface area (Å²) in [6.07, 6.45) is 0.688. The molecule has 0 aromatic heterocycles. The highest BCUT2D eigenvalue weighted by atomic mass is 79.9. The van der Waals surface area contributed by atoms with Crippen molar-refractivity contribution in [2.75, 3.05) is 0 Å². The van der Waals surface area contributed by atoms with Gasteiger partial charge in [0.15, 0.2) is 0 Å². The third-order valence-corrected chi connectivity index (χ3v) is 4.71. The second-order valence-electron chi connectivity index (χ2n) is 5.63. The van der Waals surface area contributed by atoms with Gasteiger partial charge in [-0.1, -0.05) is 27.5 Å². The highest BCUT2D eigenvalue weighted by Gasteiger charge is 2.50. The molecule has 0 radical (unpaired) electrons. The quantitative estimate of drug-likeness (QED) is 0.753. The van der Waals surface area contributed by atoms with Gasteiger partial charge in [0.1, 0.15) is 0 Å². The minimum Gasteiger partial charge on any atom is -0.403 e. The van der Waals surface area contributed by atoms with E-state index in [9.17, 15) is 0 Å². The average molecular weight is 331 g/mol. The van der Waals surface area contributed by atoms with E-state index >= 15 is 0 Å². The third kappa shape index (κ3) is 2.77. The number of halogens is 2. The smallest absolute Gasteiger partial charge is 0.403 e. The molecule has 1 aliphatic heterocycles. The summed E-state index contributed by atoms with van der Waals surface area (Å²) in [6.45, 7) is 8.22. The Morgan fingerprint density at radius 2 is 1.72 bits per heavy atom. The summed E-state index contributed by atoms with van der Waals surface area (Å²) in [5.41, 5.74) is 0.520. The van der Waals surface area contributed by atoms with Crippen LogP contribution in [0.2, 0.25) is 5.02 Å². The van der Waals surface area contributed by atoms with Crippen LogP contribution in [0.4, 0.5) is 0 Å². The lowest BCUT2D eigenvalue weighted by atomic mass is 9.81. The van der Waals surface area contributed by atoms with Gasteiger partial charge >= 0.3 is 7.12 Å². The van der Waals surface area contributed by atoms with Crippen LogP contribution in [0.15, 0.2) is 22.7 Å². The fourth-order valence-corrected chi connectivity index (χ4v) is 2.53. The monoisotopic (exact) mass is 330 g/mol. The van der Waals surface area contributed by atoms with E-state index in [4.69, 9.17) is 20.9 Å². The zero-order valence-corrected chi connectivity index (χ0v) is 13.4. The first-order valence-electron chi connectivity index (χ1n) is 6.01. The standard InChI is InChI=1S/C13H17BBrClO2/c1-12(2)13(3,4)18-14(17-12)8-9-7-10(16)5-6-11(9)15/h5-7H,8H2,1-4H3. The van der Waals surface area contributed by atoms with E-state index in [1.165, 1.54) is 0 Å². The fourth-order valence-electron chi connectivity index (χ4n) is 1.93. The zero-order valence-electron chi connectivity index (χ0n) is 11.1. The first-order valence-corrected chi connectivity index (χ1v) is 7.18. The van der Waals surface area contributed by atoms with E-state index in [2.05, 4.69) is 43.6 Å². The summed E-state index contributed by atoms with van der Waals surface area (Å²) in [4.78, 5) is 0. The van der Waals surface area contributed by atoms with Gasteiger partial charge in [-0.2, -0.15) is 0 Å². The summed E-state index contributed by atoms with van der Waals surface area (Å²) in [6, 6.07) is 5.75. The summed E-state index contributed by atoms with van der Waals surface area (Å²) >= 11 is 9.54. The third-order valence-electron chi connectivity index (χ3n) is 3.70. The molecule has 1 fully saturated rings. The highest BCUT2D eigenvalue weighted by Crippen LogP contribution is 2.38. The van der Waals surface area contributed by atoms with E-state index in [0.29, 0.717) is 6.32 Å². The molecular formula is C13H17BBrClO2. The Bertz CT molecular complexity index is 446. The van der Waals surface area contributed by atoms with Crippen molar-refractivity contribution in [1.82, 2.24) is 0 Å². The van der Waals surface area contributed by atoms with Gasteiger partial charge in [0.25, 0.3) is 0 Å². The molecule has 0 bridgehead atoms. The van der Waals surface area contributed by atoms with Crippen molar-refractivity contribution >= 4 is 34.6 Å². The van der Waals surface area contributed by atoms with Crippen molar-refractivity contribution in [2.45, 2.75) is 45.2 Å². The molecular weight excluding hydrogens is 314 g/mol. The molecule has 2 nitrogen and oxygen atoms in total. The largest absolute Gasteiger partial charge is 0.462 e. The number of rotatable bonds is 2. The van der Waals surface area contributed by atoms with Gasteiger partial charge in [-0.3, -0.25) is 0 Å². The average Bonchev–Trinajstić information content (AvgIpc) is 2.41. The van der Waals surface area contributed by atoms with Gasteiger partial charge in [0.2, 0.25) is 0 Å². The van der Waals surface area contributed by atoms with Crippen LogP contribution < -0.4 is 0 Å². The molecule has 1 aromatic carbocycles. The summed E-state index contributed by atoms with van der Waals surface area (Å²) in [7, 11) is -0.232. The van der Waals surface area contributed by atoms with E-state index in [0.717, 1.165) is 15.1 Å². The van der Waals surface area contributed by atoms with Gasteiger partial charge in [0.05, 0.1) is 11.2 Å². The van der Waals surface area contributed by atoms with Gasteiger partial charge in [-0.05, 0) is 51.5 Å². The van der Waals surface area contributed by atoms with Gasteiger partial charge in [0, 0.05) is 15.8 Å². The Hall–Kier alpha value is -0.0251. The molecule has 0 atom stereocenters. The number of hydrogen-bond acceptors (Lipinski definition) is 2. The molecule has 18 heavy (non-hydrogen) atoms. The van der Waals surface area contributed by atoms with E-state index < -0.39 is 0 Å². The first kappa shape index (κ1) is 14.4. The van der Waals surface area contributed by atoms with Crippen molar-refractivity contribution in [3.05, 3.63) is 33.3 Å². The van der Waals surface area contributed by atoms with Crippen LogP contribution in [0.5, 0.6) is 0 Å². The normalized spacial score (nSPS) is 21.3. The summed E-state index contributed by atoms with van der Waals surface area (Å²) in [5, 5.41) is 0.727. The molecule has 1 saturated heterocycles. The lowest BCUT2D eigenvalue weighted by Crippen LogP contribution is -2.41. The van der Waals surface area contributed by atoms with Crippen molar-refractivity contribution in [2.24, 2.45) is 0 Å². The Balaban J connectivity index is 2.15. The molecule has 1 aromatic rings. The van der Waals surface area contributed by atoms with Crippen molar-refractivity contribution < 1.29 is 9.31 Å². The molecule has 98 valence electrons. The van der Waals surface area contributed by atoms with E-state index in [-0.39, 0.29) is 18.3 Å².